The van der Waals surface area contributed by atoms with Crippen LogP contribution in [0.15, 0.2) is 0 Å². The molecule has 3 nitrogen and oxygen atoms in total. The van der Waals surface area contributed by atoms with Crippen LogP contribution >= 0.6 is 0 Å². The number of ether oxygens (including phenoxy) is 2. The fourth-order valence-corrected chi connectivity index (χ4v) is 3.36. The van der Waals surface area contributed by atoms with E-state index in [-0.39, 0.29) is 0 Å². The zero-order valence-corrected chi connectivity index (χ0v) is 15.1. The van der Waals surface area contributed by atoms with Gasteiger partial charge >= 0.3 is 0 Å². The molecule has 3 heteroatoms. The van der Waals surface area contributed by atoms with E-state index < -0.39 is 0 Å². The molecule has 0 amide bonds. The Labute approximate surface area is 132 Å². The van der Waals surface area contributed by atoms with Crippen LogP contribution in [0.25, 0.3) is 0 Å². The van der Waals surface area contributed by atoms with Gasteiger partial charge in [-0.05, 0) is 49.0 Å². The van der Waals surface area contributed by atoms with E-state index in [9.17, 15) is 0 Å². The molecule has 1 fully saturated rings. The van der Waals surface area contributed by atoms with Crippen LogP contribution in [0.1, 0.15) is 60.3 Å². The maximum atomic E-state index is 6.01. The molecule has 0 bridgehead atoms. The zero-order valence-electron chi connectivity index (χ0n) is 15.1. The van der Waals surface area contributed by atoms with E-state index in [4.69, 9.17) is 9.47 Å². The van der Waals surface area contributed by atoms with Crippen molar-refractivity contribution < 1.29 is 9.47 Å². The molecule has 1 heterocycles. The van der Waals surface area contributed by atoms with Gasteiger partial charge in [0.1, 0.15) is 0 Å². The Morgan fingerprint density at radius 2 is 1.81 bits per heavy atom. The second-order valence-corrected chi connectivity index (χ2v) is 8.68. The number of nitrogens with one attached hydrogen (secondary N) is 1. The van der Waals surface area contributed by atoms with E-state index in [0.717, 1.165) is 32.2 Å². The zero-order chi connectivity index (χ0) is 15.9. The standard InChI is InChI=1S/C18H37NO2/c1-17(2,3)13-16-11-15(14-21-16)12-18(4,5)7-8-19-9-10-20-6/h15-16,19H,7-14H2,1-6H3. The molecule has 1 aliphatic heterocycles. The van der Waals surface area contributed by atoms with Gasteiger partial charge in [-0.1, -0.05) is 34.6 Å². The molecule has 0 spiro atoms. The Morgan fingerprint density at radius 3 is 2.43 bits per heavy atom. The van der Waals surface area contributed by atoms with Crippen LogP contribution in [-0.2, 0) is 9.47 Å². The first-order valence-electron chi connectivity index (χ1n) is 8.53. The molecular weight excluding hydrogens is 262 g/mol. The lowest BCUT2D eigenvalue weighted by Crippen LogP contribution is -2.26. The summed E-state index contributed by atoms with van der Waals surface area (Å²) in [5.41, 5.74) is 0.769. The molecule has 1 saturated heterocycles. The van der Waals surface area contributed by atoms with E-state index in [1.165, 1.54) is 25.7 Å². The molecule has 2 unspecified atom stereocenters. The fraction of sp³-hybridized carbons (Fsp3) is 1.00. The van der Waals surface area contributed by atoms with Crippen molar-refractivity contribution in [2.24, 2.45) is 16.7 Å². The lowest BCUT2D eigenvalue weighted by molar-refractivity contribution is 0.0718. The monoisotopic (exact) mass is 299 g/mol. The van der Waals surface area contributed by atoms with Gasteiger partial charge in [-0.25, -0.2) is 0 Å². The van der Waals surface area contributed by atoms with Crippen LogP contribution in [0.2, 0.25) is 0 Å². The molecule has 0 saturated carbocycles. The number of rotatable bonds is 9. The van der Waals surface area contributed by atoms with Gasteiger partial charge in [0.15, 0.2) is 0 Å². The van der Waals surface area contributed by atoms with Crippen molar-refractivity contribution in [3.63, 3.8) is 0 Å². The quantitative estimate of drug-likeness (QED) is 0.656. The van der Waals surface area contributed by atoms with Crippen molar-refractivity contribution in [2.75, 3.05) is 33.4 Å². The molecule has 1 rings (SSSR count). The van der Waals surface area contributed by atoms with Crippen molar-refractivity contribution in [2.45, 2.75) is 66.4 Å². The molecule has 1 N–H and O–H groups in total. The van der Waals surface area contributed by atoms with Gasteiger partial charge in [-0.3, -0.25) is 0 Å². The summed E-state index contributed by atoms with van der Waals surface area (Å²) in [4.78, 5) is 0. The normalized spacial score (nSPS) is 23.7. The highest BCUT2D eigenvalue weighted by Crippen LogP contribution is 2.37. The second-order valence-electron chi connectivity index (χ2n) is 8.68. The minimum atomic E-state index is 0.375. The third kappa shape index (κ3) is 8.80. The van der Waals surface area contributed by atoms with Gasteiger partial charge in [-0.15, -0.1) is 0 Å². The summed E-state index contributed by atoms with van der Waals surface area (Å²) < 4.78 is 11.1. The maximum Gasteiger partial charge on any atom is 0.0587 e. The molecule has 0 aromatic carbocycles. The van der Waals surface area contributed by atoms with E-state index in [2.05, 4.69) is 39.9 Å². The fourth-order valence-electron chi connectivity index (χ4n) is 3.36. The molecule has 0 aromatic heterocycles. The van der Waals surface area contributed by atoms with Crippen molar-refractivity contribution >= 4 is 0 Å². The topological polar surface area (TPSA) is 30.5 Å². The van der Waals surface area contributed by atoms with Gasteiger partial charge in [-0.2, -0.15) is 0 Å². The van der Waals surface area contributed by atoms with E-state index in [0.29, 0.717) is 16.9 Å². The third-order valence-electron chi connectivity index (χ3n) is 4.31. The molecular formula is C18H37NO2. The molecule has 0 radical (unpaired) electrons. The number of hydrogen-bond acceptors (Lipinski definition) is 3. The summed E-state index contributed by atoms with van der Waals surface area (Å²) in [7, 11) is 1.75. The van der Waals surface area contributed by atoms with Crippen molar-refractivity contribution in [3.8, 4) is 0 Å². The lowest BCUT2D eigenvalue weighted by atomic mass is 9.78. The van der Waals surface area contributed by atoms with Gasteiger partial charge in [0.2, 0.25) is 0 Å². The molecule has 0 aromatic rings. The second kappa shape index (κ2) is 8.50. The smallest absolute Gasteiger partial charge is 0.0587 e. The minimum absolute atomic E-state index is 0.375. The van der Waals surface area contributed by atoms with Crippen LogP contribution in [0.5, 0.6) is 0 Å². The van der Waals surface area contributed by atoms with Crippen LogP contribution in [-0.4, -0.2) is 39.5 Å². The van der Waals surface area contributed by atoms with Gasteiger partial charge in [0.05, 0.1) is 12.7 Å². The highest BCUT2D eigenvalue weighted by molar-refractivity contribution is 4.82. The SMILES string of the molecule is COCCNCCC(C)(C)CC1COC(CC(C)(C)C)C1. The van der Waals surface area contributed by atoms with Crippen molar-refractivity contribution in [1.82, 2.24) is 5.32 Å². The highest BCUT2D eigenvalue weighted by atomic mass is 16.5. The average molecular weight is 299 g/mol. The summed E-state index contributed by atoms with van der Waals surface area (Å²) >= 11 is 0. The van der Waals surface area contributed by atoms with Crippen LogP contribution < -0.4 is 5.32 Å². The Morgan fingerprint density at radius 1 is 1.10 bits per heavy atom. The van der Waals surface area contributed by atoms with Crippen LogP contribution in [0.3, 0.4) is 0 Å². The number of methoxy groups -OCH3 is 1. The Kier molecular flexibility index (Phi) is 7.66. The van der Waals surface area contributed by atoms with Crippen LogP contribution in [0.4, 0.5) is 0 Å². The summed E-state index contributed by atoms with van der Waals surface area (Å²) in [6.45, 7) is 15.5. The van der Waals surface area contributed by atoms with Gasteiger partial charge in [0.25, 0.3) is 0 Å². The maximum absolute atomic E-state index is 6.01. The lowest BCUT2D eigenvalue weighted by Gasteiger charge is -2.28. The third-order valence-corrected chi connectivity index (χ3v) is 4.31. The highest BCUT2D eigenvalue weighted by Gasteiger charge is 2.32. The van der Waals surface area contributed by atoms with Crippen molar-refractivity contribution in [3.05, 3.63) is 0 Å². The van der Waals surface area contributed by atoms with Crippen molar-refractivity contribution in [1.29, 1.82) is 0 Å². The predicted molar refractivity (Wildman–Crippen MR) is 89.7 cm³/mol. The minimum Gasteiger partial charge on any atom is -0.383 e. The Bertz CT molecular complexity index is 283. The average Bonchev–Trinajstić information content (AvgIpc) is 2.72. The van der Waals surface area contributed by atoms with E-state index in [1.54, 1.807) is 7.11 Å². The summed E-state index contributed by atoms with van der Waals surface area (Å²) in [6.07, 6.45) is 5.41. The van der Waals surface area contributed by atoms with Gasteiger partial charge < -0.3 is 14.8 Å². The van der Waals surface area contributed by atoms with E-state index >= 15 is 0 Å². The summed E-state index contributed by atoms with van der Waals surface area (Å²) in [5, 5.41) is 3.45. The van der Waals surface area contributed by atoms with Gasteiger partial charge in [0, 0.05) is 20.3 Å². The molecule has 1 aliphatic rings. The first-order valence-corrected chi connectivity index (χ1v) is 8.53. The molecule has 21 heavy (non-hydrogen) atoms. The Hall–Kier alpha value is -0.120. The van der Waals surface area contributed by atoms with E-state index in [1.807, 2.05) is 0 Å². The summed E-state index contributed by atoms with van der Waals surface area (Å²) in [6, 6.07) is 0. The molecule has 0 aliphatic carbocycles. The van der Waals surface area contributed by atoms with Crippen LogP contribution in [0, 0.1) is 16.7 Å². The molecule has 126 valence electrons. The largest absolute Gasteiger partial charge is 0.383 e. The first kappa shape index (κ1) is 18.9. The molecule has 2 atom stereocenters. The number of hydrogen-bond donors (Lipinski definition) is 1. The Balaban J connectivity index is 2.23. The first-order chi connectivity index (χ1) is 9.72. The summed E-state index contributed by atoms with van der Waals surface area (Å²) in [5.74, 6) is 0.742. The predicted octanol–water partition coefficient (Wildman–Crippen LogP) is 3.87.